The molecule has 0 aromatic carbocycles. The Labute approximate surface area is 147 Å². The Balaban J connectivity index is 1.52. The highest BCUT2D eigenvalue weighted by Crippen LogP contribution is 2.32. The van der Waals surface area contributed by atoms with Crippen molar-refractivity contribution in [2.24, 2.45) is 0 Å². The van der Waals surface area contributed by atoms with Crippen molar-refractivity contribution < 1.29 is 9.32 Å². The molecule has 0 bridgehead atoms. The average molecular weight is 340 g/mol. The molecule has 2 fully saturated rings. The van der Waals surface area contributed by atoms with Crippen molar-refractivity contribution in [2.45, 2.75) is 45.2 Å². The summed E-state index contributed by atoms with van der Waals surface area (Å²) in [5.41, 5.74) is 2.47. The Morgan fingerprint density at radius 3 is 2.84 bits per heavy atom. The van der Waals surface area contributed by atoms with E-state index < -0.39 is 0 Å². The number of rotatable bonds is 4. The van der Waals surface area contributed by atoms with Crippen LogP contribution in [0.1, 0.15) is 59.4 Å². The fourth-order valence-electron chi connectivity index (χ4n) is 3.87. The maximum Gasteiger partial charge on any atom is 0.276 e. The third-order valence-corrected chi connectivity index (χ3v) is 5.11. The third-order valence-electron chi connectivity index (χ3n) is 5.11. The summed E-state index contributed by atoms with van der Waals surface area (Å²) in [6.07, 6.45) is 4.50. The summed E-state index contributed by atoms with van der Waals surface area (Å²) in [5.74, 6) is 0.593. The first-order chi connectivity index (χ1) is 12.2. The summed E-state index contributed by atoms with van der Waals surface area (Å²) in [6.45, 7) is 5.76. The molecule has 1 atom stereocenters. The van der Waals surface area contributed by atoms with E-state index in [1.807, 2.05) is 11.0 Å². The standard InChI is InChI=1S/C19H24N4O2/c1-14-12-17(21-25-14)19(24)23-11-5-8-18(23)16-7-4-6-15(20-16)13-22-9-2-3-10-22/h4,6-7,12,18H,2-3,5,8-11,13H2,1H3. The smallest absolute Gasteiger partial charge is 0.276 e. The largest absolute Gasteiger partial charge is 0.361 e. The van der Waals surface area contributed by atoms with Gasteiger partial charge in [-0.3, -0.25) is 14.7 Å². The number of nitrogens with zero attached hydrogens (tertiary/aromatic N) is 4. The third kappa shape index (κ3) is 3.44. The quantitative estimate of drug-likeness (QED) is 0.856. The van der Waals surface area contributed by atoms with Crippen LogP contribution in [0.15, 0.2) is 28.8 Å². The van der Waals surface area contributed by atoms with Crippen molar-refractivity contribution in [3.05, 3.63) is 47.1 Å². The Morgan fingerprint density at radius 1 is 1.24 bits per heavy atom. The van der Waals surface area contributed by atoms with E-state index in [2.05, 4.69) is 22.2 Å². The minimum atomic E-state index is -0.0638. The highest BCUT2D eigenvalue weighted by molar-refractivity contribution is 5.92. The van der Waals surface area contributed by atoms with E-state index in [-0.39, 0.29) is 11.9 Å². The van der Waals surface area contributed by atoms with Crippen LogP contribution in [0, 0.1) is 6.92 Å². The average Bonchev–Trinajstić information content (AvgIpc) is 3.36. The molecule has 0 N–H and O–H groups in total. The summed E-state index contributed by atoms with van der Waals surface area (Å²) < 4.78 is 5.06. The maximum atomic E-state index is 12.8. The minimum absolute atomic E-state index is 0.0306. The molecule has 0 radical (unpaired) electrons. The summed E-state index contributed by atoms with van der Waals surface area (Å²) in [7, 11) is 0. The Kier molecular flexibility index (Phi) is 4.53. The van der Waals surface area contributed by atoms with Crippen LogP contribution in [0.4, 0.5) is 0 Å². The topological polar surface area (TPSA) is 62.5 Å². The zero-order valence-electron chi connectivity index (χ0n) is 14.6. The van der Waals surface area contributed by atoms with E-state index in [0.29, 0.717) is 11.5 Å². The highest BCUT2D eigenvalue weighted by Gasteiger charge is 2.33. The first-order valence-electron chi connectivity index (χ1n) is 9.13. The molecular weight excluding hydrogens is 316 g/mol. The second-order valence-corrected chi connectivity index (χ2v) is 7.02. The number of hydrogen-bond donors (Lipinski definition) is 0. The molecule has 6 heteroatoms. The number of aryl methyl sites for hydroxylation is 1. The summed E-state index contributed by atoms with van der Waals surface area (Å²) in [5, 5.41) is 3.88. The first kappa shape index (κ1) is 16.3. The van der Waals surface area contributed by atoms with Gasteiger partial charge in [-0.25, -0.2) is 0 Å². The van der Waals surface area contributed by atoms with Gasteiger partial charge in [0.2, 0.25) is 0 Å². The molecule has 0 saturated carbocycles. The molecule has 132 valence electrons. The number of pyridine rings is 1. The molecule has 2 aromatic rings. The van der Waals surface area contributed by atoms with Crippen molar-refractivity contribution in [3.63, 3.8) is 0 Å². The van der Waals surface area contributed by atoms with Gasteiger partial charge in [0.25, 0.3) is 5.91 Å². The Bertz CT molecular complexity index is 751. The lowest BCUT2D eigenvalue weighted by Gasteiger charge is -2.24. The second-order valence-electron chi connectivity index (χ2n) is 7.02. The molecule has 2 saturated heterocycles. The molecule has 2 aromatic heterocycles. The van der Waals surface area contributed by atoms with Crippen LogP contribution >= 0.6 is 0 Å². The van der Waals surface area contributed by atoms with E-state index in [4.69, 9.17) is 9.51 Å². The number of amides is 1. The Morgan fingerprint density at radius 2 is 2.08 bits per heavy atom. The lowest BCUT2D eigenvalue weighted by Crippen LogP contribution is -2.31. The highest BCUT2D eigenvalue weighted by atomic mass is 16.5. The number of aromatic nitrogens is 2. The predicted molar refractivity (Wildman–Crippen MR) is 93.0 cm³/mol. The molecule has 2 aliphatic heterocycles. The van der Waals surface area contributed by atoms with Gasteiger partial charge in [-0.15, -0.1) is 0 Å². The van der Waals surface area contributed by atoms with E-state index in [9.17, 15) is 4.79 Å². The van der Waals surface area contributed by atoms with Crippen LogP contribution in [0.25, 0.3) is 0 Å². The monoisotopic (exact) mass is 340 g/mol. The molecule has 0 aliphatic carbocycles. The fourth-order valence-corrected chi connectivity index (χ4v) is 3.87. The molecule has 0 spiro atoms. The van der Waals surface area contributed by atoms with E-state index >= 15 is 0 Å². The minimum Gasteiger partial charge on any atom is -0.361 e. The normalized spacial score (nSPS) is 21.2. The van der Waals surface area contributed by atoms with Gasteiger partial charge in [0.1, 0.15) is 5.76 Å². The molecule has 6 nitrogen and oxygen atoms in total. The molecule has 1 amide bonds. The molecule has 4 heterocycles. The molecule has 1 unspecified atom stereocenters. The fraction of sp³-hybridized carbons (Fsp3) is 0.526. The van der Waals surface area contributed by atoms with Crippen LogP contribution in [0.2, 0.25) is 0 Å². The molecule has 25 heavy (non-hydrogen) atoms. The van der Waals surface area contributed by atoms with E-state index in [1.54, 1.807) is 13.0 Å². The molecule has 2 aliphatic rings. The van der Waals surface area contributed by atoms with Crippen molar-refractivity contribution in [3.8, 4) is 0 Å². The van der Waals surface area contributed by atoms with Gasteiger partial charge in [-0.1, -0.05) is 11.2 Å². The van der Waals surface area contributed by atoms with Gasteiger partial charge in [0, 0.05) is 19.2 Å². The number of carbonyl (C=O) groups is 1. The first-order valence-corrected chi connectivity index (χ1v) is 9.13. The number of hydrogen-bond acceptors (Lipinski definition) is 5. The zero-order valence-corrected chi connectivity index (χ0v) is 14.6. The SMILES string of the molecule is Cc1cc(C(=O)N2CCCC2c2cccc(CN3CCCC3)n2)no1. The summed E-state index contributed by atoms with van der Waals surface area (Å²) in [6, 6.07) is 7.93. The van der Waals surface area contributed by atoms with Crippen molar-refractivity contribution in [1.29, 1.82) is 0 Å². The maximum absolute atomic E-state index is 12.8. The van der Waals surface area contributed by atoms with E-state index in [1.165, 1.54) is 12.8 Å². The van der Waals surface area contributed by atoms with Gasteiger partial charge in [-0.05, 0) is 57.8 Å². The van der Waals surface area contributed by atoms with Crippen LogP contribution in [-0.4, -0.2) is 45.5 Å². The summed E-state index contributed by atoms with van der Waals surface area (Å²) in [4.78, 5) is 22.0. The van der Waals surface area contributed by atoms with E-state index in [0.717, 1.165) is 50.4 Å². The lowest BCUT2D eigenvalue weighted by atomic mass is 10.1. The van der Waals surface area contributed by atoms with Gasteiger partial charge in [0.15, 0.2) is 5.69 Å². The van der Waals surface area contributed by atoms with Gasteiger partial charge in [0.05, 0.1) is 17.4 Å². The van der Waals surface area contributed by atoms with Crippen LogP contribution in [0.3, 0.4) is 0 Å². The number of likely N-dealkylation sites (tertiary alicyclic amines) is 2. The predicted octanol–water partition coefficient (Wildman–Crippen LogP) is 2.95. The van der Waals surface area contributed by atoms with Crippen LogP contribution in [0.5, 0.6) is 0 Å². The van der Waals surface area contributed by atoms with Crippen molar-refractivity contribution in [1.82, 2.24) is 19.9 Å². The van der Waals surface area contributed by atoms with Gasteiger partial charge >= 0.3 is 0 Å². The van der Waals surface area contributed by atoms with Gasteiger partial charge < -0.3 is 9.42 Å². The number of carbonyl (C=O) groups excluding carboxylic acids is 1. The second kappa shape index (κ2) is 6.96. The Hall–Kier alpha value is -2.21. The van der Waals surface area contributed by atoms with Crippen LogP contribution in [-0.2, 0) is 6.54 Å². The molecule has 4 rings (SSSR count). The van der Waals surface area contributed by atoms with Gasteiger partial charge in [-0.2, -0.15) is 0 Å². The van der Waals surface area contributed by atoms with Crippen molar-refractivity contribution >= 4 is 5.91 Å². The summed E-state index contributed by atoms with van der Waals surface area (Å²) >= 11 is 0. The molecular formula is C19H24N4O2. The van der Waals surface area contributed by atoms with Crippen molar-refractivity contribution in [2.75, 3.05) is 19.6 Å². The zero-order chi connectivity index (χ0) is 17.2. The van der Waals surface area contributed by atoms with Crippen LogP contribution < -0.4 is 0 Å². The lowest BCUT2D eigenvalue weighted by molar-refractivity contribution is 0.0722.